The van der Waals surface area contributed by atoms with Gasteiger partial charge in [-0.2, -0.15) is 0 Å². The van der Waals surface area contributed by atoms with E-state index >= 15 is 0 Å². The quantitative estimate of drug-likeness (QED) is 0.682. The van der Waals surface area contributed by atoms with Gasteiger partial charge in [0.05, 0.1) is 20.3 Å². The molecule has 5 nitrogen and oxygen atoms in total. The van der Waals surface area contributed by atoms with Gasteiger partial charge in [-0.1, -0.05) is 25.1 Å². The normalized spacial score (nSPS) is 17.3. The molecule has 2 unspecified atom stereocenters. The van der Waals surface area contributed by atoms with Crippen molar-refractivity contribution in [3.8, 4) is 11.5 Å². The molecule has 2 aromatic rings. The van der Waals surface area contributed by atoms with Crippen LogP contribution in [0.4, 0.5) is 5.69 Å². The highest BCUT2D eigenvalue weighted by Crippen LogP contribution is 2.28. The molecule has 0 saturated carbocycles. The van der Waals surface area contributed by atoms with E-state index in [1.54, 1.807) is 14.2 Å². The van der Waals surface area contributed by atoms with Crippen molar-refractivity contribution in [3.05, 3.63) is 53.6 Å². The second-order valence-electron chi connectivity index (χ2n) is 8.26. The summed E-state index contributed by atoms with van der Waals surface area (Å²) >= 11 is 0. The molecule has 0 radical (unpaired) electrons. The minimum Gasteiger partial charge on any atom is -0.493 e. The molecule has 0 aliphatic carbocycles. The molecule has 0 spiro atoms. The van der Waals surface area contributed by atoms with Crippen molar-refractivity contribution in [3.63, 3.8) is 0 Å². The molecule has 30 heavy (non-hydrogen) atoms. The van der Waals surface area contributed by atoms with Gasteiger partial charge in [-0.15, -0.1) is 0 Å². The van der Waals surface area contributed by atoms with E-state index in [-0.39, 0.29) is 11.9 Å². The van der Waals surface area contributed by atoms with Gasteiger partial charge in [0.1, 0.15) is 0 Å². The number of carbonyl (C=O) groups is 1. The second-order valence-corrected chi connectivity index (χ2v) is 8.26. The number of amides is 1. The van der Waals surface area contributed by atoms with E-state index < -0.39 is 0 Å². The molecule has 0 bridgehead atoms. The molecule has 1 heterocycles. The van der Waals surface area contributed by atoms with Gasteiger partial charge in [-0.05, 0) is 67.5 Å². The maximum absolute atomic E-state index is 12.5. The molecule has 0 aromatic heterocycles. The van der Waals surface area contributed by atoms with Gasteiger partial charge in [0.2, 0.25) is 5.91 Å². The number of hydrogen-bond donors (Lipinski definition) is 1. The summed E-state index contributed by atoms with van der Waals surface area (Å²) in [6.45, 7) is 6.61. The lowest BCUT2D eigenvalue weighted by Crippen LogP contribution is -2.34. The number of hydrogen-bond acceptors (Lipinski definition) is 4. The average molecular weight is 411 g/mol. The molecule has 2 atom stereocenters. The van der Waals surface area contributed by atoms with Crippen LogP contribution >= 0.6 is 0 Å². The smallest absolute Gasteiger partial charge is 0.220 e. The summed E-state index contributed by atoms with van der Waals surface area (Å²) in [5, 5.41) is 3.12. The number of benzene rings is 2. The van der Waals surface area contributed by atoms with Crippen molar-refractivity contribution in [2.75, 3.05) is 32.2 Å². The summed E-state index contributed by atoms with van der Waals surface area (Å²) in [6, 6.07) is 14.4. The molecule has 2 aromatic carbocycles. The second kappa shape index (κ2) is 10.4. The monoisotopic (exact) mass is 410 g/mol. The molecule has 162 valence electrons. The van der Waals surface area contributed by atoms with Crippen molar-refractivity contribution in [1.29, 1.82) is 0 Å². The fourth-order valence-electron chi connectivity index (χ4n) is 4.09. The molecule has 1 saturated heterocycles. The number of ether oxygens (including phenoxy) is 2. The lowest BCUT2D eigenvalue weighted by atomic mass is 9.99. The standard InChI is InChI=1S/C25H34N2O3/c1-18-6-5-15-27(17-18)22-11-9-21(10-12-22)19(2)26-25(28)14-8-20-7-13-23(29-3)24(16-20)30-4/h7,9-13,16,18-19H,5-6,8,14-15,17H2,1-4H3,(H,26,28). The Kier molecular flexibility index (Phi) is 7.61. The third-order valence-electron chi connectivity index (χ3n) is 5.88. The van der Waals surface area contributed by atoms with Gasteiger partial charge in [0.15, 0.2) is 11.5 Å². The molecule has 3 rings (SSSR count). The third-order valence-corrected chi connectivity index (χ3v) is 5.88. The Morgan fingerprint density at radius 3 is 2.53 bits per heavy atom. The molecule has 1 aliphatic rings. The molecule has 1 N–H and O–H groups in total. The van der Waals surface area contributed by atoms with E-state index in [2.05, 4.69) is 41.4 Å². The number of carbonyl (C=O) groups excluding carboxylic acids is 1. The lowest BCUT2D eigenvalue weighted by Gasteiger charge is -2.33. The highest BCUT2D eigenvalue weighted by Gasteiger charge is 2.17. The number of nitrogens with one attached hydrogen (secondary N) is 1. The van der Waals surface area contributed by atoms with Crippen LogP contribution in [0.2, 0.25) is 0 Å². The van der Waals surface area contributed by atoms with Crippen LogP contribution in [-0.2, 0) is 11.2 Å². The van der Waals surface area contributed by atoms with E-state index in [1.165, 1.54) is 18.5 Å². The summed E-state index contributed by atoms with van der Waals surface area (Å²) in [7, 11) is 3.24. The molecule has 1 amide bonds. The highest BCUT2D eigenvalue weighted by atomic mass is 16.5. The van der Waals surface area contributed by atoms with Gasteiger partial charge < -0.3 is 19.7 Å². The zero-order valence-corrected chi connectivity index (χ0v) is 18.6. The highest BCUT2D eigenvalue weighted by molar-refractivity contribution is 5.76. The molecule has 1 fully saturated rings. The van der Waals surface area contributed by atoms with Crippen LogP contribution in [0.1, 0.15) is 50.3 Å². The third kappa shape index (κ3) is 5.68. The van der Waals surface area contributed by atoms with Crippen LogP contribution in [0.3, 0.4) is 0 Å². The van der Waals surface area contributed by atoms with Crippen molar-refractivity contribution in [2.24, 2.45) is 5.92 Å². The molecule has 5 heteroatoms. The molecular formula is C25H34N2O3. The molecule has 1 aliphatic heterocycles. The summed E-state index contributed by atoms with van der Waals surface area (Å²) in [5.41, 5.74) is 3.45. The Bertz CT molecular complexity index is 835. The van der Waals surface area contributed by atoms with Crippen molar-refractivity contribution < 1.29 is 14.3 Å². The van der Waals surface area contributed by atoms with E-state index in [9.17, 15) is 4.79 Å². The summed E-state index contributed by atoms with van der Waals surface area (Å²) in [4.78, 5) is 14.9. The van der Waals surface area contributed by atoms with Crippen molar-refractivity contribution >= 4 is 11.6 Å². The number of methoxy groups -OCH3 is 2. The predicted molar refractivity (Wildman–Crippen MR) is 121 cm³/mol. The Balaban J connectivity index is 1.51. The fraction of sp³-hybridized carbons (Fsp3) is 0.480. The van der Waals surface area contributed by atoms with E-state index in [0.717, 1.165) is 30.1 Å². The van der Waals surface area contributed by atoms with E-state index in [1.807, 2.05) is 25.1 Å². The minimum atomic E-state index is -0.0165. The summed E-state index contributed by atoms with van der Waals surface area (Å²) in [5.74, 6) is 2.18. The van der Waals surface area contributed by atoms with E-state index in [0.29, 0.717) is 24.3 Å². The first-order chi connectivity index (χ1) is 14.5. The first-order valence-corrected chi connectivity index (χ1v) is 10.8. The number of piperidine rings is 1. The van der Waals surface area contributed by atoms with Gasteiger partial charge in [0.25, 0.3) is 0 Å². The zero-order chi connectivity index (χ0) is 21.5. The van der Waals surface area contributed by atoms with Crippen LogP contribution in [0.15, 0.2) is 42.5 Å². The van der Waals surface area contributed by atoms with Gasteiger partial charge in [0, 0.05) is 25.2 Å². The van der Waals surface area contributed by atoms with Crippen LogP contribution in [0.5, 0.6) is 11.5 Å². The summed E-state index contributed by atoms with van der Waals surface area (Å²) in [6.07, 6.45) is 3.67. The minimum absolute atomic E-state index is 0.0165. The Morgan fingerprint density at radius 2 is 1.87 bits per heavy atom. The van der Waals surface area contributed by atoms with Crippen LogP contribution < -0.4 is 19.7 Å². The maximum atomic E-state index is 12.5. The predicted octanol–water partition coefficient (Wildman–Crippen LogP) is 4.75. The van der Waals surface area contributed by atoms with Crippen molar-refractivity contribution in [2.45, 2.75) is 45.6 Å². The Morgan fingerprint density at radius 1 is 1.13 bits per heavy atom. The summed E-state index contributed by atoms with van der Waals surface area (Å²) < 4.78 is 10.6. The maximum Gasteiger partial charge on any atom is 0.220 e. The number of aryl methyl sites for hydroxylation is 1. The van der Waals surface area contributed by atoms with Gasteiger partial charge in [-0.25, -0.2) is 0 Å². The first-order valence-electron chi connectivity index (χ1n) is 10.8. The van der Waals surface area contributed by atoms with E-state index in [4.69, 9.17) is 9.47 Å². The van der Waals surface area contributed by atoms with Crippen LogP contribution in [0.25, 0.3) is 0 Å². The van der Waals surface area contributed by atoms with Crippen molar-refractivity contribution in [1.82, 2.24) is 5.32 Å². The SMILES string of the molecule is COc1ccc(CCC(=O)NC(C)c2ccc(N3CCCC(C)C3)cc2)cc1OC. The van der Waals surface area contributed by atoms with Gasteiger partial charge >= 0.3 is 0 Å². The van der Waals surface area contributed by atoms with Crippen LogP contribution in [0, 0.1) is 5.92 Å². The number of rotatable bonds is 8. The number of nitrogens with zero attached hydrogens (tertiary/aromatic N) is 1. The van der Waals surface area contributed by atoms with Gasteiger partial charge in [-0.3, -0.25) is 4.79 Å². The largest absolute Gasteiger partial charge is 0.493 e. The zero-order valence-electron chi connectivity index (χ0n) is 18.6. The number of anilines is 1. The average Bonchev–Trinajstić information content (AvgIpc) is 2.77. The topological polar surface area (TPSA) is 50.8 Å². The van der Waals surface area contributed by atoms with Crippen LogP contribution in [-0.4, -0.2) is 33.2 Å². The lowest BCUT2D eigenvalue weighted by molar-refractivity contribution is -0.121. The Hall–Kier alpha value is -2.69. The first kappa shape index (κ1) is 22.0. The molecular weight excluding hydrogens is 376 g/mol. The fourth-order valence-corrected chi connectivity index (χ4v) is 4.09. The Labute approximate surface area is 180 Å².